The van der Waals surface area contributed by atoms with Crippen molar-refractivity contribution < 1.29 is 5.11 Å². The van der Waals surface area contributed by atoms with Gasteiger partial charge < -0.3 is 10.1 Å². The molecule has 1 atom stereocenters. The van der Waals surface area contributed by atoms with Crippen molar-refractivity contribution in [3.8, 4) is 0 Å². The van der Waals surface area contributed by atoms with Crippen molar-refractivity contribution in [3.05, 3.63) is 18.2 Å². The Kier molecular flexibility index (Phi) is 1.30. The number of nitrogens with zero attached hydrogens (tertiary/aromatic N) is 1. The van der Waals surface area contributed by atoms with Gasteiger partial charge in [0.05, 0.1) is 24.3 Å². The van der Waals surface area contributed by atoms with Gasteiger partial charge >= 0.3 is 0 Å². The maximum absolute atomic E-state index is 8.84. The molecule has 0 aliphatic rings. The van der Waals surface area contributed by atoms with Gasteiger partial charge in [0.15, 0.2) is 0 Å². The van der Waals surface area contributed by atoms with Gasteiger partial charge in [-0.05, 0) is 6.92 Å². The highest BCUT2D eigenvalue weighted by atomic mass is 16.3. The minimum atomic E-state index is -0.433. The quantitative estimate of drug-likeness (QED) is 0.554. The SMILES string of the molecule is C[C@H](O)c1cnc[nH]1. The van der Waals surface area contributed by atoms with Crippen LogP contribution in [0.15, 0.2) is 12.5 Å². The van der Waals surface area contributed by atoms with E-state index in [0.717, 1.165) is 5.69 Å². The van der Waals surface area contributed by atoms with Crippen molar-refractivity contribution in [2.75, 3.05) is 0 Å². The molecule has 8 heavy (non-hydrogen) atoms. The standard InChI is InChI=1S/C5H8N2O/c1-4(8)5-2-6-3-7-5/h2-4,8H,1H3,(H,6,7)/t4-/m0/s1. The Morgan fingerprint density at radius 3 is 2.88 bits per heavy atom. The van der Waals surface area contributed by atoms with Crippen LogP contribution in [0.1, 0.15) is 18.7 Å². The second kappa shape index (κ2) is 1.96. The number of imidazole rings is 1. The summed E-state index contributed by atoms with van der Waals surface area (Å²) in [6.45, 7) is 1.69. The molecule has 0 spiro atoms. The van der Waals surface area contributed by atoms with Crippen LogP contribution in [0.4, 0.5) is 0 Å². The molecule has 0 radical (unpaired) electrons. The normalized spacial score (nSPS) is 13.8. The number of nitrogens with one attached hydrogen (secondary N) is 1. The van der Waals surface area contributed by atoms with E-state index in [0.29, 0.717) is 0 Å². The fourth-order valence-electron chi connectivity index (χ4n) is 0.495. The molecule has 1 aromatic heterocycles. The highest BCUT2D eigenvalue weighted by molar-refractivity contribution is 4.96. The lowest BCUT2D eigenvalue weighted by molar-refractivity contribution is 0.195. The third kappa shape index (κ3) is 0.869. The highest BCUT2D eigenvalue weighted by Gasteiger charge is 1.97. The van der Waals surface area contributed by atoms with Crippen molar-refractivity contribution in [3.63, 3.8) is 0 Å². The Hall–Kier alpha value is -0.830. The van der Waals surface area contributed by atoms with Crippen LogP contribution in [0.2, 0.25) is 0 Å². The summed E-state index contributed by atoms with van der Waals surface area (Å²) >= 11 is 0. The number of rotatable bonds is 1. The Morgan fingerprint density at radius 1 is 1.88 bits per heavy atom. The fourth-order valence-corrected chi connectivity index (χ4v) is 0.495. The number of hydrogen-bond donors (Lipinski definition) is 2. The first kappa shape index (κ1) is 5.31. The first-order valence-corrected chi connectivity index (χ1v) is 2.47. The van der Waals surface area contributed by atoms with E-state index in [2.05, 4.69) is 9.97 Å². The molecule has 0 amide bonds. The summed E-state index contributed by atoms with van der Waals surface area (Å²) in [4.78, 5) is 6.50. The molecule has 2 N–H and O–H groups in total. The maximum atomic E-state index is 8.84. The van der Waals surface area contributed by atoms with Crippen molar-refractivity contribution in [1.82, 2.24) is 9.97 Å². The van der Waals surface area contributed by atoms with Gasteiger partial charge in [-0.25, -0.2) is 4.98 Å². The van der Waals surface area contributed by atoms with E-state index in [9.17, 15) is 0 Å². The molecular weight excluding hydrogens is 104 g/mol. The number of H-pyrrole nitrogens is 1. The zero-order chi connectivity index (χ0) is 5.98. The fraction of sp³-hybridized carbons (Fsp3) is 0.400. The lowest BCUT2D eigenvalue weighted by Gasteiger charge is -1.95. The van der Waals surface area contributed by atoms with Gasteiger partial charge in [-0.15, -0.1) is 0 Å². The molecule has 0 aliphatic carbocycles. The Morgan fingerprint density at radius 2 is 2.62 bits per heavy atom. The van der Waals surface area contributed by atoms with Gasteiger partial charge in [0.1, 0.15) is 0 Å². The Balaban J connectivity index is 2.77. The van der Waals surface area contributed by atoms with E-state index in [1.807, 2.05) is 0 Å². The van der Waals surface area contributed by atoms with Crippen LogP contribution >= 0.6 is 0 Å². The smallest absolute Gasteiger partial charge is 0.0925 e. The van der Waals surface area contributed by atoms with Crippen LogP contribution in [0, 0.1) is 0 Å². The molecule has 0 bridgehead atoms. The molecule has 3 nitrogen and oxygen atoms in total. The lowest BCUT2D eigenvalue weighted by atomic mass is 10.3. The van der Waals surface area contributed by atoms with Crippen LogP contribution in [0.25, 0.3) is 0 Å². The lowest BCUT2D eigenvalue weighted by Crippen LogP contribution is -1.88. The molecule has 44 valence electrons. The molecular formula is C5H8N2O. The average molecular weight is 112 g/mol. The van der Waals surface area contributed by atoms with Gasteiger partial charge in [-0.3, -0.25) is 0 Å². The number of aliphatic hydroxyl groups excluding tert-OH is 1. The van der Waals surface area contributed by atoms with E-state index >= 15 is 0 Å². The highest BCUT2D eigenvalue weighted by Crippen LogP contribution is 2.04. The summed E-state index contributed by atoms with van der Waals surface area (Å²) in [5, 5.41) is 8.84. The predicted molar refractivity (Wildman–Crippen MR) is 29.2 cm³/mol. The van der Waals surface area contributed by atoms with E-state index < -0.39 is 6.10 Å². The minimum absolute atomic E-state index is 0.433. The van der Waals surface area contributed by atoms with Crippen molar-refractivity contribution in [1.29, 1.82) is 0 Å². The number of aromatic amines is 1. The van der Waals surface area contributed by atoms with Crippen molar-refractivity contribution >= 4 is 0 Å². The van der Waals surface area contributed by atoms with Crippen LogP contribution in [-0.2, 0) is 0 Å². The van der Waals surface area contributed by atoms with E-state index in [4.69, 9.17) is 5.11 Å². The van der Waals surface area contributed by atoms with Crippen LogP contribution in [-0.4, -0.2) is 15.1 Å². The van der Waals surface area contributed by atoms with Crippen molar-refractivity contribution in [2.24, 2.45) is 0 Å². The van der Waals surface area contributed by atoms with E-state index in [-0.39, 0.29) is 0 Å². The maximum Gasteiger partial charge on any atom is 0.0925 e. The molecule has 0 saturated carbocycles. The zero-order valence-electron chi connectivity index (χ0n) is 4.63. The first-order valence-electron chi connectivity index (χ1n) is 2.47. The second-order valence-electron chi connectivity index (χ2n) is 1.68. The third-order valence-corrected chi connectivity index (χ3v) is 0.969. The number of aliphatic hydroxyl groups is 1. The van der Waals surface area contributed by atoms with Gasteiger partial charge in [0.2, 0.25) is 0 Å². The Labute approximate surface area is 47.4 Å². The molecule has 1 aromatic rings. The summed E-state index contributed by atoms with van der Waals surface area (Å²) in [6.07, 6.45) is 2.71. The van der Waals surface area contributed by atoms with Gasteiger partial charge in [-0.2, -0.15) is 0 Å². The second-order valence-corrected chi connectivity index (χ2v) is 1.68. The minimum Gasteiger partial charge on any atom is -0.387 e. The first-order chi connectivity index (χ1) is 3.80. The zero-order valence-corrected chi connectivity index (χ0v) is 4.63. The molecule has 0 fully saturated rings. The summed E-state index contributed by atoms with van der Waals surface area (Å²) < 4.78 is 0. The van der Waals surface area contributed by atoms with Gasteiger partial charge in [-0.1, -0.05) is 0 Å². The topological polar surface area (TPSA) is 48.9 Å². The number of hydrogen-bond acceptors (Lipinski definition) is 2. The molecule has 3 heteroatoms. The monoisotopic (exact) mass is 112 g/mol. The molecule has 0 saturated heterocycles. The van der Waals surface area contributed by atoms with Crippen LogP contribution < -0.4 is 0 Å². The third-order valence-electron chi connectivity index (χ3n) is 0.969. The Bertz CT molecular complexity index is 145. The van der Waals surface area contributed by atoms with Gasteiger partial charge in [0.25, 0.3) is 0 Å². The molecule has 1 rings (SSSR count). The summed E-state index contributed by atoms with van der Waals surface area (Å²) in [7, 11) is 0. The van der Waals surface area contributed by atoms with Crippen LogP contribution in [0.3, 0.4) is 0 Å². The van der Waals surface area contributed by atoms with Crippen molar-refractivity contribution in [2.45, 2.75) is 13.0 Å². The predicted octanol–water partition coefficient (Wildman–Crippen LogP) is 0.463. The molecule has 0 aliphatic heterocycles. The van der Waals surface area contributed by atoms with Gasteiger partial charge in [0, 0.05) is 0 Å². The molecule has 0 aromatic carbocycles. The van der Waals surface area contributed by atoms with Crippen LogP contribution in [0.5, 0.6) is 0 Å². The van der Waals surface area contributed by atoms with E-state index in [1.54, 1.807) is 19.4 Å². The largest absolute Gasteiger partial charge is 0.387 e. The number of aromatic nitrogens is 2. The van der Waals surface area contributed by atoms with E-state index in [1.165, 1.54) is 0 Å². The summed E-state index contributed by atoms with van der Waals surface area (Å²) in [5.41, 5.74) is 0.755. The summed E-state index contributed by atoms with van der Waals surface area (Å²) in [5.74, 6) is 0. The molecule has 0 unspecified atom stereocenters. The summed E-state index contributed by atoms with van der Waals surface area (Å²) in [6, 6.07) is 0. The average Bonchev–Trinajstić information content (AvgIpc) is 2.12. The molecule has 1 heterocycles.